The molecule has 0 atom stereocenters. The second-order valence-corrected chi connectivity index (χ2v) is 7.18. The molecule has 0 aromatic heterocycles. The van der Waals surface area contributed by atoms with Gasteiger partial charge in [0.05, 0.1) is 5.69 Å². The quantitative estimate of drug-likeness (QED) is 0.172. The van der Waals surface area contributed by atoms with Gasteiger partial charge in [0.25, 0.3) is 0 Å². The average Bonchev–Trinajstić information content (AvgIpc) is 2.63. The summed E-state index contributed by atoms with van der Waals surface area (Å²) in [5, 5.41) is 0. The molecule has 0 unspecified atom stereocenters. The van der Waals surface area contributed by atoms with Crippen molar-refractivity contribution < 1.29 is 4.79 Å². The highest BCUT2D eigenvalue weighted by Crippen LogP contribution is 2.21. The van der Waals surface area contributed by atoms with Gasteiger partial charge in [-0.1, -0.05) is 109 Å². The number of isocyanates is 1. The third-order valence-electron chi connectivity index (χ3n) is 4.96. The molecule has 0 saturated carbocycles. The van der Waals surface area contributed by atoms with Crippen LogP contribution in [0.5, 0.6) is 0 Å². The fourth-order valence-corrected chi connectivity index (χ4v) is 3.39. The summed E-state index contributed by atoms with van der Waals surface area (Å²) in [4.78, 5) is 14.2. The van der Waals surface area contributed by atoms with Crippen molar-refractivity contribution in [2.75, 3.05) is 0 Å². The van der Waals surface area contributed by atoms with Crippen LogP contribution in [-0.2, 0) is 11.2 Å². The van der Waals surface area contributed by atoms with Crippen molar-refractivity contribution in [3.8, 4) is 0 Å². The van der Waals surface area contributed by atoms with Crippen molar-refractivity contribution in [3.63, 3.8) is 0 Å². The number of carbonyl (C=O) groups excluding carboxylic acids is 1. The number of nitrogens with zero attached hydrogens (tertiary/aromatic N) is 1. The number of hydrogen-bond acceptors (Lipinski definition) is 2. The highest BCUT2D eigenvalue weighted by molar-refractivity contribution is 5.53. The van der Waals surface area contributed by atoms with Crippen LogP contribution in [0.2, 0.25) is 0 Å². The largest absolute Gasteiger partial charge is 0.240 e. The molecule has 0 spiro atoms. The van der Waals surface area contributed by atoms with E-state index in [0.29, 0.717) is 0 Å². The Morgan fingerprint density at radius 2 is 1.20 bits per heavy atom. The van der Waals surface area contributed by atoms with Gasteiger partial charge in [-0.15, -0.1) is 0 Å². The van der Waals surface area contributed by atoms with E-state index in [1.807, 2.05) is 18.2 Å². The first-order valence-corrected chi connectivity index (χ1v) is 10.5. The maximum atomic E-state index is 10.4. The SMILES string of the molecule is CCCCCCCCCCCCCCCCc1ccccc1N=C=O. The third kappa shape index (κ3) is 11.7. The van der Waals surface area contributed by atoms with E-state index in [-0.39, 0.29) is 0 Å². The van der Waals surface area contributed by atoms with Gasteiger partial charge in [-0.2, -0.15) is 4.99 Å². The Bertz CT molecular complexity index is 477. The Kier molecular flexibility index (Phi) is 13.9. The average molecular weight is 344 g/mol. The molecule has 0 heterocycles. The van der Waals surface area contributed by atoms with Crippen molar-refractivity contribution >= 4 is 11.8 Å². The number of aryl methyl sites for hydroxylation is 1. The summed E-state index contributed by atoms with van der Waals surface area (Å²) in [7, 11) is 0. The topological polar surface area (TPSA) is 29.4 Å². The first-order valence-electron chi connectivity index (χ1n) is 10.5. The molecule has 0 radical (unpaired) electrons. The van der Waals surface area contributed by atoms with Crippen molar-refractivity contribution in [1.29, 1.82) is 0 Å². The molecule has 0 aliphatic carbocycles. The maximum Gasteiger partial charge on any atom is 0.240 e. The lowest BCUT2D eigenvalue weighted by Gasteiger charge is -2.05. The Morgan fingerprint density at radius 1 is 0.720 bits per heavy atom. The standard InChI is InChI=1S/C23H37NO/c1-2-3-4-5-6-7-8-9-10-11-12-13-14-15-18-22-19-16-17-20-23(22)24-21-25/h16-17,19-20H,2-15,18H2,1H3. The first kappa shape index (κ1) is 21.6. The van der Waals surface area contributed by atoms with Gasteiger partial charge in [-0.05, 0) is 24.5 Å². The van der Waals surface area contributed by atoms with Gasteiger partial charge < -0.3 is 0 Å². The van der Waals surface area contributed by atoms with Gasteiger partial charge in [0, 0.05) is 0 Å². The summed E-state index contributed by atoms with van der Waals surface area (Å²) < 4.78 is 0. The third-order valence-corrected chi connectivity index (χ3v) is 4.96. The van der Waals surface area contributed by atoms with Crippen LogP contribution in [0.25, 0.3) is 0 Å². The summed E-state index contributed by atoms with van der Waals surface area (Å²) in [5.41, 5.74) is 1.96. The minimum atomic E-state index is 0.784. The minimum absolute atomic E-state index is 0.784. The molecule has 25 heavy (non-hydrogen) atoms. The smallest absolute Gasteiger partial charge is 0.211 e. The molecule has 1 rings (SSSR count). The maximum absolute atomic E-state index is 10.4. The number of unbranched alkanes of at least 4 members (excludes halogenated alkanes) is 13. The van der Waals surface area contributed by atoms with Gasteiger partial charge >= 0.3 is 0 Å². The molecule has 140 valence electrons. The zero-order chi connectivity index (χ0) is 18.0. The summed E-state index contributed by atoms with van der Waals surface area (Å²) in [6.45, 7) is 2.28. The highest BCUT2D eigenvalue weighted by Gasteiger charge is 2.00. The van der Waals surface area contributed by atoms with E-state index >= 15 is 0 Å². The first-order chi connectivity index (χ1) is 12.4. The Morgan fingerprint density at radius 3 is 1.72 bits per heavy atom. The fraction of sp³-hybridized carbons (Fsp3) is 0.696. The number of benzene rings is 1. The molecule has 1 aromatic carbocycles. The molecule has 0 bridgehead atoms. The van der Waals surface area contributed by atoms with Gasteiger partial charge in [-0.25, -0.2) is 4.79 Å². The van der Waals surface area contributed by atoms with Crippen LogP contribution < -0.4 is 0 Å². The zero-order valence-electron chi connectivity index (χ0n) is 16.3. The summed E-state index contributed by atoms with van der Waals surface area (Å²) >= 11 is 0. The molecular formula is C23H37NO. The lowest BCUT2D eigenvalue weighted by atomic mass is 10.0. The van der Waals surface area contributed by atoms with E-state index < -0.39 is 0 Å². The van der Waals surface area contributed by atoms with E-state index in [9.17, 15) is 4.79 Å². The molecule has 0 aliphatic rings. The number of hydrogen-bond donors (Lipinski definition) is 0. The minimum Gasteiger partial charge on any atom is -0.211 e. The highest BCUT2D eigenvalue weighted by atomic mass is 16.1. The Labute approximate surface area is 155 Å². The molecule has 0 saturated heterocycles. The molecule has 1 aromatic rings. The van der Waals surface area contributed by atoms with E-state index in [1.165, 1.54) is 95.5 Å². The lowest BCUT2D eigenvalue weighted by molar-refractivity contribution is 0.535. The van der Waals surface area contributed by atoms with Crippen molar-refractivity contribution in [3.05, 3.63) is 29.8 Å². The van der Waals surface area contributed by atoms with E-state index in [4.69, 9.17) is 0 Å². The molecule has 0 N–H and O–H groups in total. The van der Waals surface area contributed by atoms with Gasteiger partial charge in [-0.3, -0.25) is 0 Å². The van der Waals surface area contributed by atoms with Crippen LogP contribution in [0.1, 0.15) is 102 Å². The number of rotatable bonds is 16. The van der Waals surface area contributed by atoms with Crippen LogP contribution in [0.3, 0.4) is 0 Å². The molecule has 0 aliphatic heterocycles. The summed E-state index contributed by atoms with van der Waals surface area (Å²) in [6, 6.07) is 7.90. The normalized spacial score (nSPS) is 10.6. The predicted octanol–water partition coefficient (Wildman–Crippen LogP) is 7.68. The van der Waals surface area contributed by atoms with E-state index in [2.05, 4.69) is 18.0 Å². The second-order valence-electron chi connectivity index (χ2n) is 7.18. The van der Waals surface area contributed by atoms with Crippen LogP contribution in [0.15, 0.2) is 29.3 Å². The zero-order valence-corrected chi connectivity index (χ0v) is 16.3. The van der Waals surface area contributed by atoms with Gasteiger partial charge in [0.1, 0.15) is 0 Å². The van der Waals surface area contributed by atoms with Crippen molar-refractivity contribution in [2.24, 2.45) is 4.99 Å². The van der Waals surface area contributed by atoms with Crippen LogP contribution in [-0.4, -0.2) is 6.08 Å². The second kappa shape index (κ2) is 16.1. The molecule has 0 amide bonds. The molecular weight excluding hydrogens is 306 g/mol. The van der Waals surface area contributed by atoms with Crippen molar-refractivity contribution in [2.45, 2.75) is 103 Å². The van der Waals surface area contributed by atoms with Gasteiger partial charge in [0.2, 0.25) is 6.08 Å². The summed E-state index contributed by atoms with van der Waals surface area (Å²) in [5.74, 6) is 0. The fourth-order valence-electron chi connectivity index (χ4n) is 3.39. The van der Waals surface area contributed by atoms with E-state index in [0.717, 1.165) is 12.1 Å². The van der Waals surface area contributed by atoms with Crippen LogP contribution in [0, 0.1) is 0 Å². The monoisotopic (exact) mass is 343 g/mol. The molecule has 0 fully saturated rings. The van der Waals surface area contributed by atoms with Crippen LogP contribution in [0.4, 0.5) is 5.69 Å². The van der Waals surface area contributed by atoms with Crippen LogP contribution >= 0.6 is 0 Å². The lowest BCUT2D eigenvalue weighted by Crippen LogP contribution is -1.87. The molecule has 2 heteroatoms. The van der Waals surface area contributed by atoms with Gasteiger partial charge in [0.15, 0.2) is 0 Å². The van der Waals surface area contributed by atoms with Crippen molar-refractivity contribution in [1.82, 2.24) is 0 Å². The Hall–Kier alpha value is -1.40. The summed E-state index contributed by atoms with van der Waals surface area (Å²) in [6.07, 6.45) is 22.0. The van der Waals surface area contributed by atoms with E-state index in [1.54, 1.807) is 6.08 Å². The molecule has 2 nitrogen and oxygen atoms in total. The number of para-hydroxylation sites is 1. The predicted molar refractivity (Wildman–Crippen MR) is 108 cm³/mol. The number of aliphatic imine (C=N–C) groups is 1. The Balaban J connectivity index is 1.90.